The van der Waals surface area contributed by atoms with Crippen molar-refractivity contribution >= 4 is 28.8 Å². The molecule has 0 bridgehead atoms. The van der Waals surface area contributed by atoms with Crippen molar-refractivity contribution in [2.75, 3.05) is 37.6 Å². The number of rotatable bonds is 5. The van der Waals surface area contributed by atoms with Gasteiger partial charge in [-0.2, -0.15) is 0 Å². The van der Waals surface area contributed by atoms with Crippen molar-refractivity contribution in [2.24, 2.45) is 4.99 Å². The van der Waals surface area contributed by atoms with Gasteiger partial charge in [-0.3, -0.25) is 4.99 Å². The first-order valence-corrected chi connectivity index (χ1v) is 10.1. The third kappa shape index (κ3) is 4.17. The van der Waals surface area contributed by atoms with Crippen molar-refractivity contribution in [3.8, 4) is 0 Å². The number of benzene rings is 2. The van der Waals surface area contributed by atoms with Crippen molar-refractivity contribution in [3.05, 3.63) is 58.6 Å². The van der Waals surface area contributed by atoms with Crippen LogP contribution >= 0.6 is 11.6 Å². The lowest BCUT2D eigenvalue weighted by atomic mass is 9.85. The van der Waals surface area contributed by atoms with Crippen molar-refractivity contribution in [3.63, 3.8) is 0 Å². The molecule has 0 amide bonds. The molecule has 5 nitrogen and oxygen atoms in total. The molecule has 148 valence electrons. The van der Waals surface area contributed by atoms with Crippen LogP contribution in [0.3, 0.4) is 0 Å². The average molecular weight is 400 g/mol. The van der Waals surface area contributed by atoms with Crippen LogP contribution in [-0.2, 0) is 22.4 Å². The molecule has 2 aromatic rings. The first-order chi connectivity index (χ1) is 13.7. The van der Waals surface area contributed by atoms with Gasteiger partial charge in [0.2, 0.25) is 0 Å². The van der Waals surface area contributed by atoms with E-state index in [0.717, 1.165) is 60.3 Å². The van der Waals surface area contributed by atoms with Gasteiger partial charge in [0, 0.05) is 38.2 Å². The third-order valence-corrected chi connectivity index (χ3v) is 5.65. The smallest absolute Gasteiger partial charge is 0.127 e. The van der Waals surface area contributed by atoms with Crippen molar-refractivity contribution in [1.29, 1.82) is 0 Å². The molecule has 1 saturated heterocycles. The minimum Gasteiger partial charge on any atom is -0.384 e. The number of ether oxygens (including phenoxy) is 2. The normalized spacial score (nSPS) is 19.1. The fourth-order valence-corrected chi connectivity index (χ4v) is 4.03. The predicted octanol–water partition coefficient (Wildman–Crippen LogP) is 4.51. The molecule has 0 atom stereocenters. The molecular weight excluding hydrogens is 374 g/mol. The van der Waals surface area contributed by atoms with Crippen LogP contribution in [0.2, 0.25) is 5.02 Å². The molecule has 0 aromatic heterocycles. The molecule has 1 fully saturated rings. The second-order valence-electron chi connectivity index (χ2n) is 7.36. The molecule has 1 spiro atoms. The second-order valence-corrected chi connectivity index (χ2v) is 7.80. The first-order valence-electron chi connectivity index (χ1n) is 9.73. The highest BCUT2D eigenvalue weighted by Crippen LogP contribution is 2.37. The number of nitrogens with zero attached hydrogens (tertiary/aromatic N) is 1. The monoisotopic (exact) mass is 399 g/mol. The summed E-state index contributed by atoms with van der Waals surface area (Å²) < 4.78 is 10.8. The standard InChI is InChI=1S/C22H26ClN3O2/c1-27-10-7-16-5-6-19-20(14-16)25-21(22(26-19)8-11-28-12-9-22)24-15-17-3-2-4-18(23)13-17/h2-6,13-14,26H,7-12,15H2,1H3,(H,24,25). The Morgan fingerprint density at radius 1 is 1.11 bits per heavy atom. The van der Waals surface area contributed by atoms with E-state index in [2.05, 4.69) is 34.9 Å². The van der Waals surface area contributed by atoms with E-state index in [-0.39, 0.29) is 5.54 Å². The van der Waals surface area contributed by atoms with Gasteiger partial charge in [0.05, 0.1) is 30.1 Å². The molecule has 2 aromatic carbocycles. The van der Waals surface area contributed by atoms with Crippen LogP contribution in [-0.4, -0.2) is 38.3 Å². The van der Waals surface area contributed by atoms with Gasteiger partial charge in [0.1, 0.15) is 5.84 Å². The van der Waals surface area contributed by atoms with Gasteiger partial charge >= 0.3 is 0 Å². The van der Waals surface area contributed by atoms with Crippen LogP contribution in [0.25, 0.3) is 0 Å². The van der Waals surface area contributed by atoms with Crippen molar-refractivity contribution < 1.29 is 9.47 Å². The van der Waals surface area contributed by atoms with E-state index in [1.165, 1.54) is 5.56 Å². The zero-order chi connectivity index (χ0) is 19.4. The van der Waals surface area contributed by atoms with Crippen LogP contribution in [0.4, 0.5) is 11.4 Å². The maximum Gasteiger partial charge on any atom is 0.127 e. The lowest BCUT2D eigenvalue weighted by molar-refractivity contribution is 0.0778. The maximum absolute atomic E-state index is 6.13. The van der Waals surface area contributed by atoms with Gasteiger partial charge in [0.25, 0.3) is 0 Å². The van der Waals surface area contributed by atoms with Crippen LogP contribution < -0.4 is 10.6 Å². The minimum atomic E-state index is -0.210. The van der Waals surface area contributed by atoms with E-state index in [4.69, 9.17) is 26.1 Å². The van der Waals surface area contributed by atoms with E-state index < -0.39 is 0 Å². The Hall–Kier alpha value is -2.08. The fraction of sp³-hybridized carbons (Fsp3) is 0.409. The summed E-state index contributed by atoms with van der Waals surface area (Å²) in [5, 5.41) is 8.12. The fourth-order valence-electron chi connectivity index (χ4n) is 3.82. The highest BCUT2D eigenvalue weighted by molar-refractivity contribution is 6.30. The summed E-state index contributed by atoms with van der Waals surface area (Å²) in [6.07, 6.45) is 2.66. The number of methoxy groups -OCH3 is 1. The van der Waals surface area contributed by atoms with Crippen molar-refractivity contribution in [2.45, 2.75) is 31.3 Å². The number of amidine groups is 1. The molecule has 2 N–H and O–H groups in total. The topological polar surface area (TPSA) is 54.9 Å². The van der Waals surface area contributed by atoms with Gasteiger partial charge in [-0.1, -0.05) is 29.8 Å². The van der Waals surface area contributed by atoms with E-state index in [0.29, 0.717) is 13.2 Å². The first kappa shape index (κ1) is 19.2. The summed E-state index contributed by atoms with van der Waals surface area (Å²) in [6, 6.07) is 14.4. The molecule has 2 aliphatic heterocycles. The van der Waals surface area contributed by atoms with Crippen LogP contribution in [0.15, 0.2) is 47.5 Å². The Bertz CT molecular complexity index is 863. The van der Waals surface area contributed by atoms with Gasteiger partial charge in [-0.25, -0.2) is 0 Å². The van der Waals surface area contributed by atoms with Crippen molar-refractivity contribution in [1.82, 2.24) is 0 Å². The lowest BCUT2D eigenvalue weighted by Crippen LogP contribution is -2.55. The molecule has 0 aliphatic carbocycles. The summed E-state index contributed by atoms with van der Waals surface area (Å²) in [6.45, 7) is 2.76. The molecule has 0 saturated carbocycles. The highest BCUT2D eigenvalue weighted by atomic mass is 35.5. The number of fused-ring (bicyclic) bond motifs is 1. The Morgan fingerprint density at radius 2 is 1.96 bits per heavy atom. The number of hydrogen-bond donors (Lipinski definition) is 2. The number of nitrogens with one attached hydrogen (secondary N) is 2. The maximum atomic E-state index is 6.13. The van der Waals surface area contributed by atoms with Crippen LogP contribution in [0, 0.1) is 0 Å². The van der Waals surface area contributed by atoms with E-state index in [9.17, 15) is 0 Å². The average Bonchev–Trinajstić information content (AvgIpc) is 2.71. The third-order valence-electron chi connectivity index (χ3n) is 5.41. The van der Waals surface area contributed by atoms with Gasteiger partial charge < -0.3 is 20.1 Å². The number of anilines is 2. The zero-order valence-corrected chi connectivity index (χ0v) is 16.9. The molecule has 4 rings (SSSR count). The molecule has 0 radical (unpaired) electrons. The Balaban J connectivity index is 1.63. The quantitative estimate of drug-likeness (QED) is 0.776. The number of halogens is 1. The van der Waals surface area contributed by atoms with E-state index >= 15 is 0 Å². The number of hydrogen-bond acceptors (Lipinski definition) is 4. The lowest BCUT2D eigenvalue weighted by Gasteiger charge is -2.44. The molecule has 6 heteroatoms. The van der Waals surface area contributed by atoms with Gasteiger partial charge in [-0.05, 0) is 41.8 Å². The van der Waals surface area contributed by atoms with Gasteiger partial charge in [0.15, 0.2) is 0 Å². The summed E-state index contributed by atoms with van der Waals surface area (Å²) in [4.78, 5) is 4.97. The Kier molecular flexibility index (Phi) is 5.85. The Morgan fingerprint density at radius 3 is 2.75 bits per heavy atom. The van der Waals surface area contributed by atoms with Gasteiger partial charge in [-0.15, -0.1) is 0 Å². The Labute approximate surface area is 171 Å². The zero-order valence-electron chi connectivity index (χ0n) is 16.1. The van der Waals surface area contributed by atoms with Crippen LogP contribution in [0.5, 0.6) is 0 Å². The molecule has 28 heavy (non-hydrogen) atoms. The molecule has 2 aliphatic rings. The summed E-state index contributed by atoms with van der Waals surface area (Å²) in [5.74, 6) is 0.979. The molecular formula is C22H26ClN3O2. The van der Waals surface area contributed by atoms with Crippen LogP contribution in [0.1, 0.15) is 24.0 Å². The summed E-state index contributed by atoms with van der Waals surface area (Å²) in [5.41, 5.74) is 4.31. The summed E-state index contributed by atoms with van der Waals surface area (Å²) in [7, 11) is 1.73. The highest BCUT2D eigenvalue weighted by Gasteiger charge is 2.41. The second kappa shape index (κ2) is 8.52. The van der Waals surface area contributed by atoms with E-state index in [1.807, 2.05) is 18.2 Å². The minimum absolute atomic E-state index is 0.210. The summed E-state index contributed by atoms with van der Waals surface area (Å²) >= 11 is 6.13. The molecule has 2 heterocycles. The number of aliphatic imine (C=N–C) groups is 1. The van der Waals surface area contributed by atoms with E-state index in [1.54, 1.807) is 7.11 Å². The largest absolute Gasteiger partial charge is 0.384 e. The molecule has 0 unspecified atom stereocenters. The SMILES string of the molecule is COCCc1ccc2c(c1)NC(=NCc1cccc(Cl)c1)C1(CCOCC1)N2. The predicted molar refractivity (Wildman–Crippen MR) is 115 cm³/mol.